The lowest BCUT2D eigenvalue weighted by Gasteiger charge is -2.07. The smallest absolute Gasteiger partial charge is 0.228 e. The number of halogens is 2. The van der Waals surface area contributed by atoms with Crippen molar-refractivity contribution in [2.75, 3.05) is 5.32 Å². The lowest BCUT2D eigenvalue weighted by Crippen LogP contribution is -2.14. The van der Waals surface area contributed by atoms with Crippen LogP contribution in [0.4, 0.5) is 5.69 Å². The van der Waals surface area contributed by atoms with Gasteiger partial charge in [-0.25, -0.2) is 4.98 Å². The molecule has 0 fully saturated rings. The van der Waals surface area contributed by atoms with Crippen molar-refractivity contribution in [1.82, 2.24) is 9.97 Å². The number of amides is 1. The van der Waals surface area contributed by atoms with E-state index in [1.54, 1.807) is 41.9 Å². The predicted octanol–water partition coefficient (Wildman–Crippen LogP) is 6.36. The van der Waals surface area contributed by atoms with Gasteiger partial charge in [0.1, 0.15) is 5.01 Å². The van der Waals surface area contributed by atoms with E-state index >= 15 is 0 Å². The molecule has 1 N–H and O–H groups in total. The molecular formula is C22H15Cl2N3OS. The molecule has 4 rings (SSSR count). The number of benzene rings is 2. The molecule has 2 aromatic heterocycles. The number of nitrogens with one attached hydrogen (secondary N) is 1. The maximum atomic E-state index is 12.3. The average molecular weight is 440 g/mol. The third kappa shape index (κ3) is 5.01. The number of thiazole rings is 1. The van der Waals surface area contributed by atoms with Crippen molar-refractivity contribution in [2.45, 2.75) is 6.42 Å². The van der Waals surface area contributed by atoms with Gasteiger partial charge in [-0.05, 0) is 35.9 Å². The molecule has 2 aromatic carbocycles. The number of pyridine rings is 1. The highest BCUT2D eigenvalue weighted by atomic mass is 35.5. The second-order valence-corrected chi connectivity index (χ2v) is 8.08. The van der Waals surface area contributed by atoms with E-state index in [4.69, 9.17) is 28.2 Å². The van der Waals surface area contributed by atoms with Crippen molar-refractivity contribution in [3.05, 3.63) is 88.0 Å². The monoisotopic (exact) mass is 439 g/mol. The fourth-order valence-electron chi connectivity index (χ4n) is 2.84. The molecule has 0 saturated carbocycles. The lowest BCUT2D eigenvalue weighted by atomic mass is 10.1. The first-order chi connectivity index (χ1) is 14.1. The van der Waals surface area contributed by atoms with Crippen LogP contribution in [-0.2, 0) is 11.2 Å². The molecule has 0 aliphatic rings. The molecule has 2 heterocycles. The number of anilines is 1. The van der Waals surface area contributed by atoms with Crippen LogP contribution >= 0.6 is 34.5 Å². The van der Waals surface area contributed by atoms with Gasteiger partial charge in [-0.15, -0.1) is 11.3 Å². The predicted molar refractivity (Wildman–Crippen MR) is 120 cm³/mol. The Morgan fingerprint density at radius 2 is 1.62 bits per heavy atom. The van der Waals surface area contributed by atoms with Gasteiger partial charge in [0.15, 0.2) is 0 Å². The molecule has 4 nitrogen and oxygen atoms in total. The van der Waals surface area contributed by atoms with Crippen LogP contribution in [0.3, 0.4) is 0 Å². The van der Waals surface area contributed by atoms with Crippen LogP contribution in [0.2, 0.25) is 10.0 Å². The number of aromatic nitrogens is 2. The Balaban J connectivity index is 1.43. The molecule has 29 heavy (non-hydrogen) atoms. The van der Waals surface area contributed by atoms with Crippen LogP contribution in [-0.4, -0.2) is 15.9 Å². The second kappa shape index (κ2) is 8.74. The van der Waals surface area contributed by atoms with Crippen molar-refractivity contribution in [2.24, 2.45) is 0 Å². The molecule has 0 aliphatic carbocycles. The van der Waals surface area contributed by atoms with Crippen molar-refractivity contribution in [1.29, 1.82) is 0 Å². The van der Waals surface area contributed by atoms with E-state index < -0.39 is 0 Å². The Bertz CT molecular complexity index is 1120. The van der Waals surface area contributed by atoms with Gasteiger partial charge in [0.05, 0.1) is 12.1 Å². The fraction of sp³-hybridized carbons (Fsp3) is 0.0455. The number of rotatable bonds is 5. The van der Waals surface area contributed by atoms with Gasteiger partial charge in [-0.3, -0.25) is 9.78 Å². The zero-order valence-electron chi connectivity index (χ0n) is 15.1. The Kier molecular flexibility index (Phi) is 5.90. The molecular weight excluding hydrogens is 425 g/mol. The van der Waals surface area contributed by atoms with Gasteiger partial charge in [0.25, 0.3) is 0 Å². The van der Waals surface area contributed by atoms with E-state index in [1.165, 1.54) is 0 Å². The molecule has 1 amide bonds. The van der Waals surface area contributed by atoms with Gasteiger partial charge < -0.3 is 5.32 Å². The molecule has 144 valence electrons. The van der Waals surface area contributed by atoms with Gasteiger partial charge in [-0.1, -0.05) is 47.5 Å². The van der Waals surface area contributed by atoms with Gasteiger partial charge in [0, 0.05) is 44.6 Å². The standard InChI is InChI=1S/C22H15Cl2N3OS/c23-17-10-18(24)12-19(11-17)26-21(28)9-14-1-3-15(4-2-14)20-13-29-22(27-20)16-5-7-25-8-6-16/h1-8,10-13H,9H2,(H,26,28). The van der Waals surface area contributed by atoms with E-state index in [0.717, 1.165) is 27.4 Å². The third-order valence-corrected chi connectivity index (χ3v) is 5.52. The number of hydrogen-bond acceptors (Lipinski definition) is 4. The maximum Gasteiger partial charge on any atom is 0.228 e. The van der Waals surface area contributed by atoms with E-state index in [1.807, 2.05) is 41.8 Å². The Hall–Kier alpha value is -2.73. The van der Waals surface area contributed by atoms with Crippen LogP contribution in [0.1, 0.15) is 5.56 Å². The van der Waals surface area contributed by atoms with E-state index in [-0.39, 0.29) is 12.3 Å². The van der Waals surface area contributed by atoms with Crippen LogP contribution < -0.4 is 5.32 Å². The van der Waals surface area contributed by atoms with Crippen LogP contribution in [0.25, 0.3) is 21.8 Å². The minimum absolute atomic E-state index is 0.135. The number of carbonyl (C=O) groups is 1. The van der Waals surface area contributed by atoms with E-state index in [9.17, 15) is 4.79 Å². The summed E-state index contributed by atoms with van der Waals surface area (Å²) in [6.07, 6.45) is 3.77. The lowest BCUT2D eigenvalue weighted by molar-refractivity contribution is -0.115. The first-order valence-electron chi connectivity index (χ1n) is 8.78. The summed E-state index contributed by atoms with van der Waals surface area (Å²) < 4.78 is 0. The topological polar surface area (TPSA) is 54.9 Å². The Labute approximate surface area is 182 Å². The minimum atomic E-state index is -0.135. The summed E-state index contributed by atoms with van der Waals surface area (Å²) in [5, 5.41) is 6.75. The van der Waals surface area contributed by atoms with E-state index in [2.05, 4.69) is 10.3 Å². The van der Waals surface area contributed by atoms with Gasteiger partial charge in [0.2, 0.25) is 5.91 Å². The van der Waals surface area contributed by atoms with Crippen LogP contribution in [0, 0.1) is 0 Å². The third-order valence-electron chi connectivity index (χ3n) is 4.19. The first kappa shape index (κ1) is 19.6. The normalized spacial score (nSPS) is 10.7. The summed E-state index contributed by atoms with van der Waals surface area (Å²) in [6, 6.07) is 16.7. The van der Waals surface area contributed by atoms with Crippen molar-refractivity contribution < 1.29 is 4.79 Å². The summed E-state index contributed by atoms with van der Waals surface area (Å²) in [7, 11) is 0. The number of carbonyl (C=O) groups excluding carboxylic acids is 1. The highest BCUT2D eigenvalue weighted by molar-refractivity contribution is 7.13. The zero-order valence-corrected chi connectivity index (χ0v) is 17.4. The maximum absolute atomic E-state index is 12.3. The zero-order chi connectivity index (χ0) is 20.2. The van der Waals surface area contributed by atoms with Crippen LogP contribution in [0.5, 0.6) is 0 Å². The van der Waals surface area contributed by atoms with Crippen molar-refractivity contribution in [3.63, 3.8) is 0 Å². The summed E-state index contributed by atoms with van der Waals surface area (Å²) >= 11 is 13.5. The SMILES string of the molecule is O=C(Cc1ccc(-c2csc(-c3ccncc3)n2)cc1)Nc1cc(Cl)cc(Cl)c1. The number of nitrogens with zero attached hydrogens (tertiary/aromatic N) is 2. The summed E-state index contributed by atoms with van der Waals surface area (Å²) in [5.74, 6) is -0.135. The Morgan fingerprint density at radius 1 is 0.931 bits per heavy atom. The molecule has 4 aromatic rings. The van der Waals surface area contributed by atoms with E-state index in [0.29, 0.717) is 15.7 Å². The molecule has 0 bridgehead atoms. The number of hydrogen-bond donors (Lipinski definition) is 1. The quantitative estimate of drug-likeness (QED) is 0.393. The average Bonchev–Trinajstić information content (AvgIpc) is 3.18. The highest BCUT2D eigenvalue weighted by Gasteiger charge is 2.09. The van der Waals surface area contributed by atoms with Crippen molar-refractivity contribution in [3.8, 4) is 21.8 Å². The molecule has 0 saturated heterocycles. The van der Waals surface area contributed by atoms with Gasteiger partial charge >= 0.3 is 0 Å². The molecule has 7 heteroatoms. The molecule has 0 unspecified atom stereocenters. The molecule has 0 spiro atoms. The fourth-order valence-corrected chi connectivity index (χ4v) is 4.20. The first-order valence-corrected chi connectivity index (χ1v) is 10.4. The molecule has 0 radical (unpaired) electrons. The molecule has 0 atom stereocenters. The van der Waals surface area contributed by atoms with Crippen LogP contribution in [0.15, 0.2) is 72.4 Å². The molecule has 0 aliphatic heterocycles. The summed E-state index contributed by atoms with van der Waals surface area (Å²) in [5.41, 5.74) is 4.45. The summed E-state index contributed by atoms with van der Waals surface area (Å²) in [4.78, 5) is 21.0. The Morgan fingerprint density at radius 3 is 2.31 bits per heavy atom. The highest BCUT2D eigenvalue weighted by Crippen LogP contribution is 2.29. The summed E-state index contributed by atoms with van der Waals surface area (Å²) in [6.45, 7) is 0. The van der Waals surface area contributed by atoms with Crippen molar-refractivity contribution >= 4 is 46.1 Å². The van der Waals surface area contributed by atoms with Gasteiger partial charge in [-0.2, -0.15) is 0 Å². The second-order valence-electron chi connectivity index (χ2n) is 6.35. The largest absolute Gasteiger partial charge is 0.326 e. The minimum Gasteiger partial charge on any atom is -0.326 e.